The van der Waals surface area contributed by atoms with Crippen molar-refractivity contribution in [1.29, 1.82) is 5.26 Å². The third-order valence-corrected chi connectivity index (χ3v) is 8.60. The van der Waals surface area contributed by atoms with Crippen LogP contribution in [0.15, 0.2) is 79.1 Å². The summed E-state index contributed by atoms with van der Waals surface area (Å²) in [7, 11) is -4.42. The summed E-state index contributed by atoms with van der Waals surface area (Å²) in [5.74, 6) is -0.389. The summed E-state index contributed by atoms with van der Waals surface area (Å²) in [4.78, 5) is 16.9. The summed E-state index contributed by atoms with van der Waals surface area (Å²) in [6.45, 7) is 1.12. The van der Waals surface area contributed by atoms with E-state index in [1.165, 1.54) is 16.9 Å². The number of aliphatic hydroxyl groups is 2. The van der Waals surface area contributed by atoms with Crippen molar-refractivity contribution in [3.63, 3.8) is 0 Å². The molecular weight excluding hydrogens is 591 g/mol. The molecule has 1 saturated heterocycles. The number of nitriles is 1. The van der Waals surface area contributed by atoms with Gasteiger partial charge in [0.15, 0.2) is 5.82 Å². The SMILES string of the molecule is CCOC(=O)[C@H](Cc1ccccc1)NP(=O)(OCC1O[C@@](C#N)(c2ccc3c(N)ncnn23)[C@H](O)[C@@H]1O)Oc1ccccc1. The van der Waals surface area contributed by atoms with Crippen LogP contribution in [0.5, 0.6) is 5.75 Å². The fourth-order valence-electron chi connectivity index (χ4n) is 4.90. The Hall–Kier alpha value is -4.35. The van der Waals surface area contributed by atoms with Crippen molar-refractivity contribution in [3.05, 3.63) is 90.4 Å². The lowest BCUT2D eigenvalue weighted by atomic mass is 9.92. The third-order valence-electron chi connectivity index (χ3n) is 7.03. The molecule has 1 aliphatic rings. The number of nitrogens with zero attached hydrogens (tertiary/aromatic N) is 4. The van der Waals surface area contributed by atoms with Gasteiger partial charge in [-0.15, -0.1) is 0 Å². The van der Waals surface area contributed by atoms with Crippen LogP contribution >= 0.6 is 7.75 Å². The zero-order chi connectivity index (χ0) is 31.3. The third kappa shape index (κ3) is 6.29. The van der Waals surface area contributed by atoms with Gasteiger partial charge in [0.25, 0.3) is 0 Å². The molecule has 2 aromatic carbocycles. The highest BCUT2D eigenvalue weighted by molar-refractivity contribution is 7.52. The van der Waals surface area contributed by atoms with Crippen LogP contribution < -0.4 is 15.3 Å². The maximum atomic E-state index is 14.2. The molecule has 0 saturated carbocycles. The maximum absolute atomic E-state index is 14.2. The van der Waals surface area contributed by atoms with Crippen LogP contribution in [-0.2, 0) is 35.4 Å². The second-order valence-electron chi connectivity index (χ2n) is 9.92. The molecule has 15 heteroatoms. The number of aromatic nitrogens is 3. The van der Waals surface area contributed by atoms with E-state index in [2.05, 4.69) is 15.2 Å². The Kier molecular flexibility index (Phi) is 9.26. The van der Waals surface area contributed by atoms with Crippen molar-refractivity contribution < 1.29 is 38.1 Å². The molecule has 1 fully saturated rings. The van der Waals surface area contributed by atoms with Gasteiger partial charge in [0.2, 0.25) is 5.60 Å². The highest BCUT2D eigenvalue weighted by atomic mass is 31.2. The molecule has 1 aliphatic heterocycles. The molecule has 2 unspecified atom stereocenters. The van der Waals surface area contributed by atoms with E-state index in [0.717, 1.165) is 5.56 Å². The van der Waals surface area contributed by atoms with Gasteiger partial charge in [-0.2, -0.15) is 15.4 Å². The van der Waals surface area contributed by atoms with Crippen LogP contribution in [0.3, 0.4) is 0 Å². The molecule has 0 spiro atoms. The number of rotatable bonds is 12. The average molecular weight is 623 g/mol. The number of nitrogens with two attached hydrogens (primary N) is 1. The zero-order valence-corrected chi connectivity index (χ0v) is 24.5. The number of nitrogen functional groups attached to an aromatic ring is 1. The minimum absolute atomic E-state index is 0.0811. The second kappa shape index (κ2) is 13.1. The number of aliphatic hydroxyl groups excluding tert-OH is 2. The van der Waals surface area contributed by atoms with E-state index >= 15 is 0 Å². The number of anilines is 1. The number of nitrogens with one attached hydrogen (secondary N) is 1. The molecule has 0 aliphatic carbocycles. The van der Waals surface area contributed by atoms with Crippen molar-refractivity contribution in [2.24, 2.45) is 0 Å². The summed E-state index contributed by atoms with van der Waals surface area (Å²) in [5, 5.41) is 39.0. The molecule has 4 aromatic rings. The van der Waals surface area contributed by atoms with E-state index in [4.69, 9.17) is 24.3 Å². The molecule has 3 heterocycles. The fourth-order valence-corrected chi connectivity index (χ4v) is 6.40. The molecular formula is C29H31N6O8P. The highest BCUT2D eigenvalue weighted by Crippen LogP contribution is 2.47. The van der Waals surface area contributed by atoms with Gasteiger partial charge in [0, 0.05) is 0 Å². The first-order valence-corrected chi connectivity index (χ1v) is 15.3. The largest absolute Gasteiger partial charge is 0.465 e. The van der Waals surface area contributed by atoms with Gasteiger partial charge in [-0.05, 0) is 43.2 Å². The number of ether oxygens (including phenoxy) is 2. The topological polar surface area (TPSA) is 204 Å². The lowest BCUT2D eigenvalue weighted by Gasteiger charge is -2.26. The maximum Gasteiger partial charge on any atom is 0.459 e. The molecule has 230 valence electrons. The molecule has 0 radical (unpaired) electrons. The number of hydrogen-bond donors (Lipinski definition) is 4. The molecule has 0 amide bonds. The molecule has 0 bridgehead atoms. The number of para-hydroxylation sites is 1. The van der Waals surface area contributed by atoms with E-state index in [9.17, 15) is 24.8 Å². The smallest absolute Gasteiger partial charge is 0.459 e. The van der Waals surface area contributed by atoms with Gasteiger partial charge in [-0.1, -0.05) is 48.5 Å². The predicted molar refractivity (Wildman–Crippen MR) is 156 cm³/mol. The highest BCUT2D eigenvalue weighted by Gasteiger charge is 2.58. The van der Waals surface area contributed by atoms with Gasteiger partial charge < -0.3 is 29.9 Å². The van der Waals surface area contributed by atoms with Crippen LogP contribution in [0, 0.1) is 11.3 Å². The van der Waals surface area contributed by atoms with Gasteiger partial charge in [-0.3, -0.25) is 9.32 Å². The van der Waals surface area contributed by atoms with E-state index in [-0.39, 0.29) is 30.3 Å². The Morgan fingerprint density at radius 2 is 1.89 bits per heavy atom. The average Bonchev–Trinajstić information content (AvgIpc) is 3.57. The Balaban J connectivity index is 1.42. The number of hydrogen-bond acceptors (Lipinski definition) is 12. The quantitative estimate of drug-likeness (QED) is 0.132. The minimum atomic E-state index is -4.42. The second-order valence-corrected chi connectivity index (χ2v) is 11.6. The zero-order valence-electron chi connectivity index (χ0n) is 23.6. The molecule has 44 heavy (non-hydrogen) atoms. The molecule has 6 atom stereocenters. The first-order chi connectivity index (χ1) is 21.2. The summed E-state index contributed by atoms with van der Waals surface area (Å²) in [6, 6.07) is 21.0. The standard InChI is InChI=1S/C29H31N6O8P/c1-2-40-28(38)21(15-19-9-5-3-6-10-19)34-44(39,43-20-11-7-4-8-12-20)41-16-23-25(36)26(37)29(17-30,42-23)24-14-13-22-27(31)32-18-33-35(22)24/h3-14,18,21,23,25-26,36-37H,2,15-16H2,1H3,(H,34,39)(H2,31,32,33)/t21-,23?,25+,26+,29-,44?/m0/s1. The molecule has 5 rings (SSSR count). The Bertz CT molecular complexity index is 1680. The first-order valence-electron chi connectivity index (χ1n) is 13.7. The predicted octanol–water partition coefficient (Wildman–Crippen LogP) is 2.12. The summed E-state index contributed by atoms with van der Waals surface area (Å²) in [6.07, 6.45) is -3.51. The van der Waals surface area contributed by atoms with Crippen LogP contribution in [0.4, 0.5) is 5.82 Å². The number of carbonyl (C=O) groups is 1. The van der Waals surface area contributed by atoms with Crippen molar-refractivity contribution in [3.8, 4) is 11.8 Å². The number of fused-ring (bicyclic) bond motifs is 1. The van der Waals surface area contributed by atoms with Crippen molar-refractivity contribution >= 4 is 25.1 Å². The van der Waals surface area contributed by atoms with E-state index in [0.29, 0.717) is 5.52 Å². The van der Waals surface area contributed by atoms with Gasteiger partial charge in [0.05, 0.1) is 18.9 Å². The van der Waals surface area contributed by atoms with Gasteiger partial charge in [-0.25, -0.2) is 14.1 Å². The fraction of sp³-hybridized carbons (Fsp3) is 0.310. The van der Waals surface area contributed by atoms with Gasteiger partial charge in [0.1, 0.15) is 48.0 Å². The van der Waals surface area contributed by atoms with Crippen LogP contribution in [-0.4, -0.2) is 68.3 Å². The summed E-state index contributed by atoms with van der Waals surface area (Å²) >= 11 is 0. The van der Waals surface area contributed by atoms with E-state index < -0.39 is 50.3 Å². The molecule has 14 nitrogen and oxygen atoms in total. The van der Waals surface area contributed by atoms with E-state index in [1.54, 1.807) is 67.6 Å². The monoisotopic (exact) mass is 622 g/mol. The van der Waals surface area contributed by atoms with E-state index in [1.807, 2.05) is 12.1 Å². The summed E-state index contributed by atoms with van der Waals surface area (Å²) < 4.78 is 38.2. The minimum Gasteiger partial charge on any atom is -0.465 e. The lowest BCUT2D eigenvalue weighted by Crippen LogP contribution is -2.41. The molecule has 2 aromatic heterocycles. The van der Waals surface area contributed by atoms with Crippen molar-refractivity contribution in [2.45, 2.75) is 43.3 Å². The summed E-state index contributed by atoms with van der Waals surface area (Å²) in [5.41, 5.74) is 5.02. The van der Waals surface area contributed by atoms with Crippen molar-refractivity contribution in [2.75, 3.05) is 18.9 Å². The van der Waals surface area contributed by atoms with Gasteiger partial charge >= 0.3 is 13.7 Å². The Labute approximate surface area is 252 Å². The Morgan fingerprint density at radius 1 is 1.18 bits per heavy atom. The number of esters is 1. The normalized spacial score (nSPS) is 23.5. The lowest BCUT2D eigenvalue weighted by molar-refractivity contribution is -0.145. The van der Waals surface area contributed by atoms with Crippen LogP contribution in [0.25, 0.3) is 5.52 Å². The molecule has 5 N–H and O–H groups in total. The number of carbonyl (C=O) groups excluding carboxylic acids is 1. The van der Waals surface area contributed by atoms with Crippen molar-refractivity contribution in [1.82, 2.24) is 19.7 Å². The number of benzene rings is 2. The van der Waals surface area contributed by atoms with Crippen LogP contribution in [0.2, 0.25) is 0 Å². The van der Waals surface area contributed by atoms with Crippen LogP contribution in [0.1, 0.15) is 18.2 Å². The Morgan fingerprint density at radius 3 is 2.57 bits per heavy atom. The first kappa shape index (κ1) is 31.1.